The summed E-state index contributed by atoms with van der Waals surface area (Å²) in [6, 6.07) is -2.01. The van der Waals surface area contributed by atoms with Gasteiger partial charge in [0.05, 0.1) is 73.4 Å². The molecule has 10 N–H and O–H groups in total. The van der Waals surface area contributed by atoms with Crippen LogP contribution in [-0.2, 0) is 38.0 Å². The van der Waals surface area contributed by atoms with Crippen LogP contribution >= 0.6 is 0 Å². The molecule has 4 heterocycles. The van der Waals surface area contributed by atoms with Gasteiger partial charge >= 0.3 is 18.2 Å². The third kappa shape index (κ3) is 19.1. The van der Waals surface area contributed by atoms with Crippen molar-refractivity contribution in [3.05, 3.63) is 97.7 Å². The van der Waals surface area contributed by atoms with Gasteiger partial charge in [-0.15, -0.1) is 0 Å². The molecule has 0 aromatic carbocycles. The Bertz CT molecular complexity index is 1920. The zero-order valence-electron chi connectivity index (χ0n) is 41.8. The maximum Gasteiger partial charge on any atom is 0.407 e. The molecule has 19 atom stereocenters. The number of fused-ring (bicyclic) bond motifs is 4. The van der Waals surface area contributed by atoms with E-state index in [-0.39, 0.29) is 57.5 Å². The Morgan fingerprint density at radius 1 is 0.736 bits per heavy atom. The average molecular weight is 1020 g/mol. The molecular formula is C52H78N2O18. The Balaban J connectivity index is 1.59. The number of esters is 1. The quantitative estimate of drug-likeness (QED) is 0.104. The predicted molar refractivity (Wildman–Crippen MR) is 262 cm³/mol. The summed E-state index contributed by atoms with van der Waals surface area (Å²) in [5.74, 6) is -3.04. The van der Waals surface area contributed by atoms with Crippen molar-refractivity contribution in [2.75, 3.05) is 13.7 Å². The summed E-state index contributed by atoms with van der Waals surface area (Å²) in [5.41, 5.74) is 0. The molecule has 2 amide bonds. The molecule has 0 saturated carbocycles. The summed E-state index contributed by atoms with van der Waals surface area (Å²) < 4.78 is 40.9. The molecule has 3 fully saturated rings. The van der Waals surface area contributed by atoms with Gasteiger partial charge in [0.2, 0.25) is 0 Å². The molecule has 1 unspecified atom stereocenters. The number of carbonyl (C=O) groups excluding carboxylic acids is 3. The molecule has 0 aromatic rings. The molecule has 404 valence electrons. The van der Waals surface area contributed by atoms with Gasteiger partial charge in [-0.3, -0.25) is 4.79 Å². The lowest BCUT2D eigenvalue weighted by Gasteiger charge is -2.46. The molecule has 20 nitrogen and oxygen atoms in total. The Labute approximate surface area is 422 Å². The zero-order valence-corrected chi connectivity index (χ0v) is 41.8. The van der Waals surface area contributed by atoms with Crippen LogP contribution in [0.3, 0.4) is 0 Å². The number of ether oxygens (including phenoxy) is 7. The summed E-state index contributed by atoms with van der Waals surface area (Å²) in [7, 11) is 1.35. The number of nitrogens with one attached hydrogen (secondary N) is 2. The third-order valence-electron chi connectivity index (χ3n) is 13.2. The second-order valence-corrected chi connectivity index (χ2v) is 18.9. The predicted octanol–water partition coefficient (Wildman–Crippen LogP) is 2.73. The standard InChI is InChI=1S/C52H78N2O18/c1-7-24-67-50(64)54-45-47(62)34(5)69-49(48(45)63)70-38-21-19-17-15-13-11-9-8-10-12-14-16-18-20-31(2)46(61)32(3)33(4)68-43(60)27-36(56)25-35(55)22-23-39(58)40(59)26-37(57)29-52(66-6)30-42-44(41(28-38)72-52)53-51(65)71-42/h7-21,31-42,44-49,55-59,61-63H,1,22-30H2,2-6H3,(H,53,65)(H,54,64)/b9-8+,12-10+,13-11+,16-14+,17-15+,20-18+,21-19+/t31-,32-,33?,34+,35+,36+,37-,38-,39+,40+,41-,42-,44-,45-,46+,47+,48-,49-,52+/m0/s1. The molecule has 3 saturated heterocycles. The van der Waals surface area contributed by atoms with E-state index in [1.165, 1.54) is 20.1 Å². The molecule has 20 heteroatoms. The van der Waals surface area contributed by atoms with Gasteiger partial charge in [-0.2, -0.15) is 0 Å². The van der Waals surface area contributed by atoms with Crippen LogP contribution in [0.1, 0.15) is 79.1 Å². The van der Waals surface area contributed by atoms with Crippen LogP contribution in [0.25, 0.3) is 0 Å². The Morgan fingerprint density at radius 2 is 1.36 bits per heavy atom. The number of carbonyl (C=O) groups is 3. The van der Waals surface area contributed by atoms with Crippen molar-refractivity contribution in [3.8, 4) is 0 Å². The molecule has 72 heavy (non-hydrogen) atoms. The van der Waals surface area contributed by atoms with E-state index >= 15 is 0 Å². The molecule has 4 aliphatic rings. The van der Waals surface area contributed by atoms with E-state index < -0.39 is 134 Å². The second kappa shape index (κ2) is 30.0. The van der Waals surface area contributed by atoms with Crippen LogP contribution in [0, 0.1) is 11.8 Å². The first-order valence-corrected chi connectivity index (χ1v) is 24.6. The number of cyclic esters (lactones) is 1. The number of allylic oxidation sites excluding steroid dienone is 12. The van der Waals surface area contributed by atoms with Crippen molar-refractivity contribution >= 4 is 18.2 Å². The second-order valence-electron chi connectivity index (χ2n) is 18.9. The Kier molecular flexibility index (Phi) is 25.0. The van der Waals surface area contributed by atoms with Crippen LogP contribution in [0.15, 0.2) is 97.7 Å². The highest BCUT2D eigenvalue weighted by Gasteiger charge is 2.54. The fourth-order valence-electron chi connectivity index (χ4n) is 8.88. The summed E-state index contributed by atoms with van der Waals surface area (Å²) >= 11 is 0. The average Bonchev–Trinajstić information content (AvgIpc) is 3.71. The van der Waals surface area contributed by atoms with Gasteiger partial charge in [-0.1, -0.05) is 112 Å². The fraction of sp³-hybridized carbons (Fsp3) is 0.635. The van der Waals surface area contributed by atoms with Crippen LogP contribution in [0.2, 0.25) is 0 Å². The lowest BCUT2D eigenvalue weighted by atomic mass is 9.87. The van der Waals surface area contributed by atoms with E-state index in [0.717, 1.165) is 0 Å². The molecule has 0 aliphatic carbocycles. The van der Waals surface area contributed by atoms with Crippen LogP contribution in [0.5, 0.6) is 0 Å². The topological polar surface area (TPSA) is 302 Å². The molecular weight excluding hydrogens is 941 g/mol. The van der Waals surface area contributed by atoms with E-state index in [1.807, 2.05) is 49.5 Å². The van der Waals surface area contributed by atoms with Crippen LogP contribution < -0.4 is 10.6 Å². The molecule has 4 rings (SSSR count). The molecule has 0 spiro atoms. The molecule has 2 bridgehead atoms. The monoisotopic (exact) mass is 1020 g/mol. The molecule has 0 aromatic heterocycles. The van der Waals surface area contributed by atoms with E-state index in [0.29, 0.717) is 0 Å². The smallest absolute Gasteiger partial charge is 0.407 e. The first kappa shape index (κ1) is 60.0. The van der Waals surface area contributed by atoms with E-state index in [2.05, 4.69) is 17.2 Å². The lowest BCUT2D eigenvalue weighted by molar-refractivity contribution is -0.307. The molecule has 4 aliphatic heterocycles. The SMILES string of the molecule is C=CCOC(=O)N[C@@H]1[C@H](O)[C@H](O[C@H]2/C=C/C=C/C=C/C=C/C=C/C=C/C=C/[C@H](C)[C@@H](O)[C@@H](C)C(C)OC(=O)C[C@H](O)C[C@H](O)CC[C@@H](O)[C@H](O)C[C@H](O)C[C@]3(OC)C[C@@H]4OC(=O)N[C@H]4[C@H](C2)O3)O[C@H](C)[C@H]1O. The number of hydrogen-bond donors (Lipinski definition) is 10. The first-order valence-electron chi connectivity index (χ1n) is 24.6. The summed E-state index contributed by atoms with van der Waals surface area (Å²) in [6.45, 7) is 10.2. The minimum atomic E-state index is -1.60. The zero-order chi connectivity index (χ0) is 53.0. The largest absolute Gasteiger partial charge is 0.462 e. The van der Waals surface area contributed by atoms with Gasteiger partial charge in [-0.05, 0) is 33.1 Å². The highest BCUT2D eigenvalue weighted by atomic mass is 16.7. The number of alkyl carbamates (subject to hydrolysis) is 2. The number of rotatable bonds is 6. The van der Waals surface area contributed by atoms with Gasteiger partial charge in [0, 0.05) is 44.6 Å². The highest BCUT2D eigenvalue weighted by molar-refractivity contribution is 5.71. The number of aliphatic hydroxyl groups is 8. The van der Waals surface area contributed by atoms with Crippen molar-refractivity contribution in [2.45, 2.75) is 183 Å². The van der Waals surface area contributed by atoms with E-state index in [4.69, 9.17) is 33.2 Å². The van der Waals surface area contributed by atoms with Crippen molar-refractivity contribution < 1.29 is 88.4 Å². The van der Waals surface area contributed by atoms with Gasteiger partial charge in [0.1, 0.15) is 31.0 Å². The number of amides is 2. The minimum Gasteiger partial charge on any atom is -0.462 e. The summed E-state index contributed by atoms with van der Waals surface area (Å²) in [5, 5.41) is 92.9. The van der Waals surface area contributed by atoms with Gasteiger partial charge in [0.25, 0.3) is 0 Å². The number of aliphatic hydroxyl groups excluding tert-OH is 8. The highest BCUT2D eigenvalue weighted by Crippen LogP contribution is 2.40. The van der Waals surface area contributed by atoms with Crippen LogP contribution in [0.4, 0.5) is 9.59 Å². The third-order valence-corrected chi connectivity index (χ3v) is 13.2. The summed E-state index contributed by atoms with van der Waals surface area (Å²) in [6.07, 6.45) is 7.01. The lowest BCUT2D eigenvalue weighted by Crippen LogP contribution is -2.64. The fourth-order valence-corrected chi connectivity index (χ4v) is 8.88. The van der Waals surface area contributed by atoms with Gasteiger partial charge in [0.15, 0.2) is 12.1 Å². The van der Waals surface area contributed by atoms with Crippen molar-refractivity contribution in [3.63, 3.8) is 0 Å². The maximum atomic E-state index is 12.7. The molecule has 0 radical (unpaired) electrons. The number of methoxy groups -OCH3 is 1. The van der Waals surface area contributed by atoms with E-state index in [9.17, 15) is 55.2 Å². The first-order chi connectivity index (χ1) is 34.3. The minimum absolute atomic E-state index is 0.0344. The van der Waals surface area contributed by atoms with Gasteiger partial charge < -0.3 is 84.6 Å². The van der Waals surface area contributed by atoms with Crippen molar-refractivity contribution in [1.82, 2.24) is 10.6 Å². The Morgan fingerprint density at radius 3 is 1.99 bits per heavy atom. The Hall–Kier alpha value is -4.55. The maximum absolute atomic E-state index is 12.7. The van der Waals surface area contributed by atoms with Crippen molar-refractivity contribution in [2.24, 2.45) is 11.8 Å². The van der Waals surface area contributed by atoms with Crippen LogP contribution in [-0.4, -0.2) is 176 Å². The van der Waals surface area contributed by atoms with Gasteiger partial charge in [-0.25, -0.2) is 9.59 Å². The summed E-state index contributed by atoms with van der Waals surface area (Å²) in [4.78, 5) is 37.9. The normalized spacial score (nSPS) is 42.6. The van der Waals surface area contributed by atoms with E-state index in [1.54, 1.807) is 56.4 Å². The van der Waals surface area contributed by atoms with Crippen molar-refractivity contribution in [1.29, 1.82) is 0 Å². The number of hydrogen-bond acceptors (Lipinski definition) is 18.